The van der Waals surface area contributed by atoms with Gasteiger partial charge >= 0.3 is 5.97 Å². The summed E-state index contributed by atoms with van der Waals surface area (Å²) in [7, 11) is 0. The molecule has 84 valence electrons. The fourth-order valence-corrected chi connectivity index (χ4v) is 2.18. The Morgan fingerprint density at radius 2 is 2.38 bits per heavy atom. The first-order valence-electron chi connectivity index (χ1n) is 4.36. The fourth-order valence-electron chi connectivity index (χ4n) is 1.16. The fraction of sp³-hybridized carbons (Fsp3) is 0.250. The molecule has 0 aliphatic heterocycles. The number of thiophene rings is 1. The number of halogens is 1. The molecule has 16 heavy (non-hydrogen) atoms. The predicted molar refractivity (Wildman–Crippen MR) is 58.5 cm³/mol. The SMILES string of the molecule is CC(C(=O)O)n1nnnc1-c1ccc(Cl)s1. The minimum atomic E-state index is -0.990. The number of tetrazole rings is 1. The van der Waals surface area contributed by atoms with Crippen molar-refractivity contribution in [3.8, 4) is 10.7 Å². The van der Waals surface area contributed by atoms with Gasteiger partial charge in [-0.05, 0) is 29.5 Å². The third kappa shape index (κ3) is 1.91. The number of rotatable bonds is 3. The molecule has 1 N–H and O–H groups in total. The zero-order valence-corrected chi connectivity index (χ0v) is 9.74. The molecule has 0 aliphatic carbocycles. The summed E-state index contributed by atoms with van der Waals surface area (Å²) in [6.45, 7) is 1.51. The second-order valence-electron chi connectivity index (χ2n) is 3.07. The molecule has 0 spiro atoms. The molecule has 1 atom stereocenters. The van der Waals surface area contributed by atoms with E-state index in [9.17, 15) is 4.79 Å². The maximum absolute atomic E-state index is 10.8. The third-order valence-electron chi connectivity index (χ3n) is 2.01. The lowest BCUT2D eigenvalue weighted by molar-refractivity contribution is -0.140. The smallest absolute Gasteiger partial charge is 0.328 e. The summed E-state index contributed by atoms with van der Waals surface area (Å²) in [6.07, 6.45) is 0. The van der Waals surface area contributed by atoms with E-state index in [1.54, 1.807) is 12.1 Å². The minimum Gasteiger partial charge on any atom is -0.480 e. The number of aliphatic carboxylic acids is 1. The average Bonchev–Trinajstić information content (AvgIpc) is 2.83. The monoisotopic (exact) mass is 258 g/mol. The standard InChI is InChI=1S/C8H7ClN4O2S/c1-4(8(14)15)13-7(10-11-12-13)5-2-3-6(9)16-5/h2-4H,1H3,(H,14,15). The number of aromatic nitrogens is 4. The van der Waals surface area contributed by atoms with E-state index < -0.39 is 12.0 Å². The molecule has 2 aromatic rings. The van der Waals surface area contributed by atoms with Crippen LogP contribution < -0.4 is 0 Å². The molecule has 1 unspecified atom stereocenters. The first-order chi connectivity index (χ1) is 7.59. The van der Waals surface area contributed by atoms with Crippen molar-refractivity contribution in [2.24, 2.45) is 0 Å². The second kappa shape index (κ2) is 4.18. The van der Waals surface area contributed by atoms with Crippen LogP contribution in [0.5, 0.6) is 0 Å². The van der Waals surface area contributed by atoms with E-state index in [0.717, 1.165) is 4.88 Å². The van der Waals surface area contributed by atoms with E-state index in [4.69, 9.17) is 16.7 Å². The van der Waals surface area contributed by atoms with Gasteiger partial charge in [0.1, 0.15) is 0 Å². The Kier molecular flexibility index (Phi) is 2.88. The lowest BCUT2D eigenvalue weighted by Gasteiger charge is -2.06. The molecule has 0 radical (unpaired) electrons. The molecule has 0 amide bonds. The molecule has 0 saturated carbocycles. The minimum absolute atomic E-state index is 0.409. The van der Waals surface area contributed by atoms with Crippen molar-refractivity contribution in [3.05, 3.63) is 16.5 Å². The summed E-state index contributed by atoms with van der Waals surface area (Å²) in [6, 6.07) is 2.65. The van der Waals surface area contributed by atoms with Crippen LogP contribution in [0.25, 0.3) is 10.7 Å². The van der Waals surface area contributed by atoms with E-state index in [1.165, 1.54) is 22.9 Å². The van der Waals surface area contributed by atoms with E-state index in [-0.39, 0.29) is 0 Å². The molecule has 2 heterocycles. The summed E-state index contributed by atoms with van der Waals surface area (Å²) >= 11 is 7.09. The van der Waals surface area contributed by atoms with Crippen molar-refractivity contribution < 1.29 is 9.90 Å². The summed E-state index contributed by atoms with van der Waals surface area (Å²) < 4.78 is 1.86. The molecule has 6 nitrogen and oxygen atoms in total. The normalized spacial score (nSPS) is 12.6. The van der Waals surface area contributed by atoms with Gasteiger partial charge < -0.3 is 5.11 Å². The lowest BCUT2D eigenvalue weighted by Crippen LogP contribution is -2.17. The van der Waals surface area contributed by atoms with E-state index in [1.807, 2.05) is 0 Å². The first kappa shape index (κ1) is 11.0. The molecular formula is C8H7ClN4O2S. The quantitative estimate of drug-likeness (QED) is 0.906. The van der Waals surface area contributed by atoms with Crippen LogP contribution in [0, 0.1) is 0 Å². The summed E-state index contributed by atoms with van der Waals surface area (Å²) in [5.74, 6) is -0.581. The van der Waals surface area contributed by atoms with Gasteiger partial charge in [0.05, 0.1) is 9.21 Å². The summed E-state index contributed by atoms with van der Waals surface area (Å²) in [5, 5.41) is 19.8. The molecule has 8 heteroatoms. The van der Waals surface area contributed by atoms with Gasteiger partial charge in [-0.25, -0.2) is 9.48 Å². The largest absolute Gasteiger partial charge is 0.480 e. The van der Waals surface area contributed by atoms with Crippen LogP contribution in [0.4, 0.5) is 0 Å². The lowest BCUT2D eigenvalue weighted by atomic mass is 10.3. The van der Waals surface area contributed by atoms with Crippen LogP contribution in [0.3, 0.4) is 0 Å². The zero-order valence-electron chi connectivity index (χ0n) is 8.16. The number of hydrogen-bond acceptors (Lipinski definition) is 5. The van der Waals surface area contributed by atoms with Crippen molar-refractivity contribution in [2.75, 3.05) is 0 Å². The van der Waals surface area contributed by atoms with Gasteiger partial charge in [0.2, 0.25) is 0 Å². The van der Waals surface area contributed by atoms with Gasteiger partial charge in [0.15, 0.2) is 11.9 Å². The maximum Gasteiger partial charge on any atom is 0.328 e. The predicted octanol–water partition coefficient (Wildman–Crippen LogP) is 1.70. The van der Waals surface area contributed by atoms with E-state index in [2.05, 4.69) is 15.5 Å². The molecule has 0 fully saturated rings. The number of carboxylic acid groups (broad SMARTS) is 1. The highest BCUT2D eigenvalue weighted by Crippen LogP contribution is 2.30. The van der Waals surface area contributed by atoms with Gasteiger partial charge in [0, 0.05) is 0 Å². The van der Waals surface area contributed by atoms with Crippen LogP contribution in [-0.4, -0.2) is 31.3 Å². The maximum atomic E-state index is 10.8. The Morgan fingerprint density at radius 1 is 1.62 bits per heavy atom. The van der Waals surface area contributed by atoms with Crippen molar-refractivity contribution in [2.45, 2.75) is 13.0 Å². The Labute approximate surface area is 99.5 Å². The topological polar surface area (TPSA) is 80.9 Å². The molecule has 2 rings (SSSR count). The molecule has 0 aliphatic rings. The molecule has 0 aromatic carbocycles. The Balaban J connectivity index is 2.43. The van der Waals surface area contributed by atoms with Crippen molar-refractivity contribution >= 4 is 28.9 Å². The van der Waals surface area contributed by atoms with Gasteiger partial charge in [-0.3, -0.25) is 0 Å². The third-order valence-corrected chi connectivity index (χ3v) is 3.24. The highest BCUT2D eigenvalue weighted by molar-refractivity contribution is 7.19. The Morgan fingerprint density at radius 3 is 2.94 bits per heavy atom. The van der Waals surface area contributed by atoms with Crippen molar-refractivity contribution in [1.82, 2.24) is 20.2 Å². The van der Waals surface area contributed by atoms with Crippen LogP contribution in [0.15, 0.2) is 12.1 Å². The van der Waals surface area contributed by atoms with Gasteiger partial charge in [0.25, 0.3) is 0 Å². The van der Waals surface area contributed by atoms with E-state index in [0.29, 0.717) is 10.2 Å². The van der Waals surface area contributed by atoms with Crippen molar-refractivity contribution in [3.63, 3.8) is 0 Å². The number of carboxylic acids is 1. The van der Waals surface area contributed by atoms with Crippen LogP contribution in [0.1, 0.15) is 13.0 Å². The van der Waals surface area contributed by atoms with Crippen LogP contribution in [0.2, 0.25) is 4.34 Å². The van der Waals surface area contributed by atoms with Crippen LogP contribution >= 0.6 is 22.9 Å². The highest BCUT2D eigenvalue weighted by atomic mass is 35.5. The molecule has 2 aromatic heterocycles. The number of hydrogen-bond donors (Lipinski definition) is 1. The van der Waals surface area contributed by atoms with Gasteiger partial charge in [-0.2, -0.15) is 0 Å². The molecular weight excluding hydrogens is 252 g/mol. The summed E-state index contributed by atoms with van der Waals surface area (Å²) in [4.78, 5) is 11.6. The second-order valence-corrected chi connectivity index (χ2v) is 4.78. The van der Waals surface area contributed by atoms with Crippen LogP contribution in [-0.2, 0) is 4.79 Å². The average molecular weight is 259 g/mol. The molecule has 0 bridgehead atoms. The van der Waals surface area contributed by atoms with Crippen molar-refractivity contribution in [1.29, 1.82) is 0 Å². The summed E-state index contributed by atoms with van der Waals surface area (Å²) in [5.41, 5.74) is 0. The highest BCUT2D eigenvalue weighted by Gasteiger charge is 2.20. The van der Waals surface area contributed by atoms with Gasteiger partial charge in [-0.1, -0.05) is 11.6 Å². The van der Waals surface area contributed by atoms with E-state index >= 15 is 0 Å². The first-order valence-corrected chi connectivity index (χ1v) is 5.55. The molecule has 0 saturated heterocycles. The van der Waals surface area contributed by atoms with Gasteiger partial charge in [-0.15, -0.1) is 16.4 Å². The Bertz CT molecular complexity index is 524. The number of nitrogens with zero attached hydrogens (tertiary/aromatic N) is 4. The number of carbonyl (C=O) groups is 1. The zero-order chi connectivity index (χ0) is 11.7. The Hall–Kier alpha value is -1.47.